The molecular weight excluding hydrogens is 402 g/mol. The van der Waals surface area contributed by atoms with Crippen LogP contribution in [0.3, 0.4) is 0 Å². The Hall–Kier alpha value is -3.74. The number of ether oxygens (including phenoxy) is 1. The maximum Gasteiger partial charge on any atom is 0.411 e. The number of aromatic nitrogens is 3. The molecule has 1 amide bonds. The second kappa shape index (κ2) is 8.07. The van der Waals surface area contributed by atoms with E-state index < -0.39 is 6.09 Å². The second-order valence-corrected chi connectivity index (χ2v) is 8.54. The van der Waals surface area contributed by atoms with Gasteiger partial charge in [0.2, 0.25) is 0 Å². The van der Waals surface area contributed by atoms with E-state index in [1.165, 1.54) is 6.42 Å². The highest BCUT2D eigenvalue weighted by atomic mass is 16.6. The monoisotopic (exact) mass is 429 g/mol. The van der Waals surface area contributed by atoms with E-state index in [-0.39, 0.29) is 6.10 Å². The van der Waals surface area contributed by atoms with Gasteiger partial charge in [-0.05, 0) is 63.4 Å². The molecular formula is C25H27N5O2. The molecule has 2 aromatic carbocycles. The zero-order chi connectivity index (χ0) is 22.2. The number of nitrogens with zero attached hydrogens (tertiary/aromatic N) is 3. The number of rotatable bonds is 5. The Kier molecular flexibility index (Phi) is 5.09. The van der Waals surface area contributed by atoms with Crippen molar-refractivity contribution in [1.29, 1.82) is 0 Å². The van der Waals surface area contributed by atoms with Crippen molar-refractivity contribution < 1.29 is 9.53 Å². The molecule has 2 heterocycles. The third kappa shape index (κ3) is 3.60. The molecule has 32 heavy (non-hydrogen) atoms. The number of benzene rings is 2. The number of nitrogens with two attached hydrogens (primary N) is 1. The van der Waals surface area contributed by atoms with Crippen molar-refractivity contribution in [3.05, 3.63) is 61.2 Å². The smallest absolute Gasteiger partial charge is 0.411 e. The lowest BCUT2D eigenvalue weighted by atomic mass is 9.92. The molecule has 5 rings (SSSR count). The van der Waals surface area contributed by atoms with Crippen molar-refractivity contribution in [2.75, 3.05) is 11.1 Å². The number of carbonyl (C=O) groups excluding carboxylic acids is 1. The molecule has 1 aliphatic carbocycles. The SMILES string of the molecule is CC(C)OC(=O)Nc1ccc(-c2c(N)c3ccc(-n4ccnc4)cc3n2C2CCC2)cc1. The van der Waals surface area contributed by atoms with E-state index >= 15 is 0 Å². The van der Waals surface area contributed by atoms with Crippen molar-refractivity contribution in [2.45, 2.75) is 45.3 Å². The summed E-state index contributed by atoms with van der Waals surface area (Å²) in [5, 5.41) is 3.82. The predicted molar refractivity (Wildman–Crippen MR) is 127 cm³/mol. The number of hydrogen-bond donors (Lipinski definition) is 2. The number of imidazole rings is 1. The van der Waals surface area contributed by atoms with Crippen LogP contribution >= 0.6 is 0 Å². The fraction of sp³-hybridized carbons (Fsp3) is 0.280. The molecule has 1 saturated carbocycles. The van der Waals surface area contributed by atoms with Crippen LogP contribution in [0.4, 0.5) is 16.2 Å². The van der Waals surface area contributed by atoms with E-state index in [0.717, 1.165) is 46.4 Å². The molecule has 7 heteroatoms. The van der Waals surface area contributed by atoms with Crippen LogP contribution in [0.5, 0.6) is 0 Å². The van der Waals surface area contributed by atoms with Gasteiger partial charge in [0, 0.05) is 40.8 Å². The Bertz CT molecular complexity index is 1250. The number of amides is 1. The normalized spacial score (nSPS) is 14.0. The van der Waals surface area contributed by atoms with Gasteiger partial charge in [0.05, 0.1) is 29.3 Å². The first-order chi connectivity index (χ1) is 15.5. The molecule has 0 atom stereocenters. The maximum atomic E-state index is 11.9. The summed E-state index contributed by atoms with van der Waals surface area (Å²) in [6.07, 6.45) is 8.42. The topological polar surface area (TPSA) is 87.1 Å². The average molecular weight is 430 g/mol. The lowest BCUT2D eigenvalue weighted by molar-refractivity contribution is 0.130. The van der Waals surface area contributed by atoms with Crippen molar-refractivity contribution in [3.8, 4) is 16.9 Å². The van der Waals surface area contributed by atoms with Crippen LogP contribution < -0.4 is 11.1 Å². The van der Waals surface area contributed by atoms with Crippen molar-refractivity contribution in [2.24, 2.45) is 0 Å². The van der Waals surface area contributed by atoms with Gasteiger partial charge in [-0.3, -0.25) is 5.32 Å². The van der Waals surface area contributed by atoms with Gasteiger partial charge < -0.3 is 19.6 Å². The number of anilines is 2. The zero-order valence-corrected chi connectivity index (χ0v) is 18.3. The highest BCUT2D eigenvalue weighted by Gasteiger charge is 2.27. The van der Waals surface area contributed by atoms with Crippen LogP contribution in [0.15, 0.2) is 61.2 Å². The van der Waals surface area contributed by atoms with Gasteiger partial charge in [0.1, 0.15) is 0 Å². The van der Waals surface area contributed by atoms with Crippen LogP contribution in [-0.2, 0) is 4.74 Å². The van der Waals surface area contributed by atoms with Gasteiger partial charge >= 0.3 is 6.09 Å². The molecule has 3 N–H and O–H groups in total. The molecule has 0 bridgehead atoms. The summed E-state index contributed by atoms with van der Waals surface area (Å²) in [5.74, 6) is 0. The van der Waals surface area contributed by atoms with Gasteiger partial charge in [-0.2, -0.15) is 0 Å². The summed E-state index contributed by atoms with van der Waals surface area (Å²) in [5.41, 5.74) is 12.4. The number of nitrogen functional groups attached to an aromatic ring is 1. The Balaban J connectivity index is 1.56. The largest absolute Gasteiger partial charge is 0.447 e. The molecule has 7 nitrogen and oxygen atoms in total. The quantitative estimate of drug-likeness (QED) is 0.422. The molecule has 4 aromatic rings. The highest BCUT2D eigenvalue weighted by Crippen LogP contribution is 2.44. The third-order valence-corrected chi connectivity index (χ3v) is 6.02. The van der Waals surface area contributed by atoms with E-state index in [1.54, 1.807) is 12.5 Å². The fourth-order valence-electron chi connectivity index (χ4n) is 4.29. The van der Waals surface area contributed by atoms with Gasteiger partial charge in [0.15, 0.2) is 0 Å². The molecule has 0 radical (unpaired) electrons. The van der Waals surface area contributed by atoms with Crippen molar-refractivity contribution in [3.63, 3.8) is 0 Å². The van der Waals surface area contributed by atoms with Gasteiger partial charge in [-0.25, -0.2) is 9.78 Å². The third-order valence-electron chi connectivity index (χ3n) is 6.02. The molecule has 0 saturated heterocycles. The number of nitrogens with one attached hydrogen (secondary N) is 1. The minimum atomic E-state index is -0.456. The Morgan fingerprint density at radius 3 is 2.59 bits per heavy atom. The van der Waals surface area contributed by atoms with Crippen molar-refractivity contribution >= 4 is 28.4 Å². The Labute approximate surface area is 186 Å². The van der Waals surface area contributed by atoms with E-state index in [0.29, 0.717) is 11.7 Å². The number of hydrogen-bond acceptors (Lipinski definition) is 4. The molecule has 164 valence electrons. The van der Waals surface area contributed by atoms with Crippen LogP contribution in [-0.4, -0.2) is 26.3 Å². The van der Waals surface area contributed by atoms with Gasteiger partial charge in [-0.15, -0.1) is 0 Å². The minimum Gasteiger partial charge on any atom is -0.447 e. The maximum absolute atomic E-state index is 11.9. The molecule has 1 aliphatic rings. The first-order valence-electron chi connectivity index (χ1n) is 11.0. The fourth-order valence-corrected chi connectivity index (χ4v) is 4.29. The highest BCUT2D eigenvalue weighted by molar-refractivity contribution is 6.02. The molecule has 0 unspecified atom stereocenters. The number of fused-ring (bicyclic) bond motifs is 1. The number of carbonyl (C=O) groups is 1. The van der Waals surface area contributed by atoms with E-state index in [2.05, 4.69) is 33.1 Å². The Morgan fingerprint density at radius 2 is 1.97 bits per heavy atom. The van der Waals surface area contributed by atoms with E-state index in [9.17, 15) is 4.79 Å². The second-order valence-electron chi connectivity index (χ2n) is 8.54. The minimum absolute atomic E-state index is 0.167. The van der Waals surface area contributed by atoms with Crippen molar-refractivity contribution in [1.82, 2.24) is 14.1 Å². The molecule has 0 spiro atoms. The van der Waals surface area contributed by atoms with Crippen LogP contribution in [0, 0.1) is 0 Å². The van der Waals surface area contributed by atoms with Gasteiger partial charge in [0.25, 0.3) is 0 Å². The first-order valence-corrected chi connectivity index (χ1v) is 11.0. The summed E-state index contributed by atoms with van der Waals surface area (Å²) in [6.45, 7) is 3.64. The first kappa shape index (κ1) is 20.2. The summed E-state index contributed by atoms with van der Waals surface area (Å²) in [6, 6.07) is 14.6. The standard InChI is InChI=1S/C25H27N5O2/c1-16(2)32-25(31)28-18-8-6-17(7-9-18)24-23(26)21-11-10-20(29-13-12-27-15-29)14-22(21)30(24)19-4-3-5-19/h6-16,19H,3-5,26H2,1-2H3,(H,28,31). The average Bonchev–Trinajstić information content (AvgIpc) is 3.35. The lowest BCUT2D eigenvalue weighted by Crippen LogP contribution is -2.18. The predicted octanol–water partition coefficient (Wildman–Crippen LogP) is 5.76. The van der Waals surface area contributed by atoms with Gasteiger partial charge in [-0.1, -0.05) is 12.1 Å². The molecule has 1 fully saturated rings. The molecule has 2 aromatic heterocycles. The summed E-state index contributed by atoms with van der Waals surface area (Å²) < 4.78 is 9.56. The Morgan fingerprint density at radius 1 is 1.19 bits per heavy atom. The van der Waals surface area contributed by atoms with Crippen LogP contribution in [0.25, 0.3) is 27.8 Å². The van der Waals surface area contributed by atoms with E-state index in [4.69, 9.17) is 10.5 Å². The van der Waals surface area contributed by atoms with E-state index in [1.807, 2.05) is 48.9 Å². The summed E-state index contributed by atoms with van der Waals surface area (Å²) in [4.78, 5) is 16.1. The summed E-state index contributed by atoms with van der Waals surface area (Å²) in [7, 11) is 0. The zero-order valence-electron chi connectivity index (χ0n) is 18.3. The van der Waals surface area contributed by atoms with Crippen LogP contribution in [0.2, 0.25) is 0 Å². The summed E-state index contributed by atoms with van der Waals surface area (Å²) >= 11 is 0. The van der Waals surface area contributed by atoms with Crippen LogP contribution in [0.1, 0.15) is 39.2 Å². The molecule has 0 aliphatic heterocycles. The lowest BCUT2D eigenvalue weighted by Gasteiger charge is -2.30.